The van der Waals surface area contributed by atoms with Gasteiger partial charge in [0, 0.05) is 37.8 Å². The van der Waals surface area contributed by atoms with Crippen molar-refractivity contribution in [3.8, 4) is 5.75 Å². The fourth-order valence-electron chi connectivity index (χ4n) is 3.02. The van der Waals surface area contributed by atoms with Crippen LogP contribution in [0.1, 0.15) is 40.0 Å². The van der Waals surface area contributed by atoms with Crippen molar-refractivity contribution in [2.24, 2.45) is 7.05 Å². The quantitative estimate of drug-likeness (QED) is 0.863. The number of ketones is 1. The van der Waals surface area contributed by atoms with Gasteiger partial charge in [0.2, 0.25) is 0 Å². The van der Waals surface area contributed by atoms with E-state index >= 15 is 0 Å². The number of benzene rings is 1. The van der Waals surface area contributed by atoms with Gasteiger partial charge in [0.1, 0.15) is 5.75 Å². The highest BCUT2D eigenvalue weighted by Crippen LogP contribution is 2.28. The number of halogens is 1. The van der Waals surface area contributed by atoms with Gasteiger partial charge in [0.25, 0.3) is 5.91 Å². The summed E-state index contributed by atoms with van der Waals surface area (Å²) in [6.07, 6.45) is 5.17. The lowest BCUT2D eigenvalue weighted by Gasteiger charge is -2.24. The van der Waals surface area contributed by atoms with Gasteiger partial charge >= 0.3 is 0 Å². The molecule has 0 aliphatic carbocycles. The van der Waals surface area contributed by atoms with E-state index in [-0.39, 0.29) is 34.9 Å². The van der Waals surface area contributed by atoms with Crippen molar-refractivity contribution >= 4 is 23.3 Å². The highest BCUT2D eigenvalue weighted by Gasteiger charge is 2.31. The molecule has 0 saturated carbocycles. The predicted octanol–water partition coefficient (Wildman–Crippen LogP) is 2.66. The van der Waals surface area contributed by atoms with Crippen LogP contribution in [0.15, 0.2) is 30.6 Å². The first-order valence-corrected chi connectivity index (χ1v) is 8.15. The normalized spacial score (nSPS) is 17.2. The van der Waals surface area contributed by atoms with E-state index in [0.717, 1.165) is 12.8 Å². The van der Waals surface area contributed by atoms with Gasteiger partial charge in [0.15, 0.2) is 5.78 Å². The van der Waals surface area contributed by atoms with Crippen LogP contribution in [-0.4, -0.2) is 44.1 Å². The summed E-state index contributed by atoms with van der Waals surface area (Å²) in [5.74, 6) is -0.243. The number of aromatic hydroxyl groups is 1. The van der Waals surface area contributed by atoms with Gasteiger partial charge in [-0.15, -0.1) is 0 Å². The molecule has 1 saturated heterocycles. The first-order valence-electron chi connectivity index (χ1n) is 7.77. The second-order valence-corrected chi connectivity index (χ2v) is 6.40. The molecule has 2 aromatic rings. The highest BCUT2D eigenvalue weighted by molar-refractivity contribution is 6.32. The number of aryl methyl sites for hydroxylation is 1. The summed E-state index contributed by atoms with van der Waals surface area (Å²) in [6.45, 7) is 0.613. The zero-order valence-corrected chi connectivity index (χ0v) is 14.0. The minimum absolute atomic E-state index is 0.0171. The molecule has 1 amide bonds. The van der Waals surface area contributed by atoms with Crippen molar-refractivity contribution in [3.05, 3.63) is 46.7 Å². The molecule has 7 heteroatoms. The standard InChI is InChI=1S/C17H18ClN3O3/c1-20-10-12(9-19-20)16(23)8-13-3-2-6-21(13)17(24)11-4-5-15(22)14(18)7-11/h4-5,7,9-10,13,22H,2-3,6,8H2,1H3. The van der Waals surface area contributed by atoms with Crippen LogP contribution in [0.5, 0.6) is 5.75 Å². The van der Waals surface area contributed by atoms with E-state index in [1.807, 2.05) is 0 Å². The van der Waals surface area contributed by atoms with E-state index < -0.39 is 0 Å². The van der Waals surface area contributed by atoms with Crippen molar-refractivity contribution in [3.63, 3.8) is 0 Å². The van der Waals surface area contributed by atoms with Crippen LogP contribution in [0, 0.1) is 0 Å². The monoisotopic (exact) mass is 347 g/mol. The van der Waals surface area contributed by atoms with Gasteiger partial charge in [-0.2, -0.15) is 5.10 Å². The molecular weight excluding hydrogens is 330 g/mol. The largest absolute Gasteiger partial charge is 0.506 e. The second kappa shape index (κ2) is 6.65. The number of nitrogens with zero attached hydrogens (tertiary/aromatic N) is 3. The van der Waals surface area contributed by atoms with E-state index in [2.05, 4.69) is 5.10 Å². The Kier molecular flexibility index (Phi) is 4.57. The van der Waals surface area contributed by atoms with Crippen molar-refractivity contribution in [1.82, 2.24) is 14.7 Å². The third kappa shape index (κ3) is 3.28. The van der Waals surface area contributed by atoms with Crippen LogP contribution < -0.4 is 0 Å². The predicted molar refractivity (Wildman–Crippen MR) is 89.3 cm³/mol. The number of aromatic nitrogens is 2. The first-order chi connectivity index (χ1) is 11.5. The van der Waals surface area contributed by atoms with Crippen LogP contribution in [0.4, 0.5) is 0 Å². The lowest BCUT2D eigenvalue weighted by atomic mass is 10.0. The Morgan fingerprint density at radius 1 is 1.38 bits per heavy atom. The summed E-state index contributed by atoms with van der Waals surface area (Å²) in [5, 5.41) is 13.6. The second-order valence-electron chi connectivity index (χ2n) is 5.99. The Bertz CT molecular complexity index is 787. The van der Waals surface area contributed by atoms with Crippen molar-refractivity contribution < 1.29 is 14.7 Å². The zero-order valence-electron chi connectivity index (χ0n) is 13.3. The number of hydrogen-bond acceptors (Lipinski definition) is 4. The van der Waals surface area contributed by atoms with E-state index in [0.29, 0.717) is 17.7 Å². The van der Waals surface area contributed by atoms with E-state index in [4.69, 9.17) is 11.6 Å². The molecule has 1 fully saturated rings. The Morgan fingerprint density at radius 2 is 2.17 bits per heavy atom. The van der Waals surface area contributed by atoms with E-state index in [1.54, 1.807) is 35.1 Å². The lowest BCUT2D eigenvalue weighted by Crippen LogP contribution is -2.36. The number of carbonyl (C=O) groups excluding carboxylic acids is 2. The molecule has 0 radical (unpaired) electrons. The molecule has 0 bridgehead atoms. The molecule has 1 unspecified atom stereocenters. The van der Waals surface area contributed by atoms with E-state index in [1.165, 1.54) is 12.1 Å². The molecule has 126 valence electrons. The highest BCUT2D eigenvalue weighted by atomic mass is 35.5. The minimum Gasteiger partial charge on any atom is -0.506 e. The Hall–Kier alpha value is -2.34. The van der Waals surface area contributed by atoms with Gasteiger partial charge in [-0.1, -0.05) is 11.6 Å². The van der Waals surface area contributed by atoms with Crippen LogP contribution in [0.3, 0.4) is 0 Å². The molecule has 1 atom stereocenters. The number of phenols is 1. The number of likely N-dealkylation sites (tertiary alicyclic amines) is 1. The third-order valence-corrected chi connectivity index (χ3v) is 4.58. The summed E-state index contributed by atoms with van der Waals surface area (Å²) >= 11 is 5.88. The fourth-order valence-corrected chi connectivity index (χ4v) is 3.20. The van der Waals surface area contributed by atoms with Crippen LogP contribution in [-0.2, 0) is 7.05 Å². The molecule has 1 N–H and O–H groups in total. The van der Waals surface area contributed by atoms with Crippen LogP contribution in [0.25, 0.3) is 0 Å². The average Bonchev–Trinajstić information content (AvgIpc) is 3.18. The molecule has 24 heavy (non-hydrogen) atoms. The average molecular weight is 348 g/mol. The summed E-state index contributed by atoms with van der Waals surface area (Å²) < 4.78 is 1.59. The lowest BCUT2D eigenvalue weighted by molar-refractivity contribution is 0.0717. The Morgan fingerprint density at radius 3 is 2.83 bits per heavy atom. The molecule has 0 spiro atoms. The van der Waals surface area contributed by atoms with Gasteiger partial charge in [-0.3, -0.25) is 14.3 Å². The van der Waals surface area contributed by atoms with Gasteiger partial charge < -0.3 is 10.0 Å². The van der Waals surface area contributed by atoms with Crippen LogP contribution >= 0.6 is 11.6 Å². The topological polar surface area (TPSA) is 75.4 Å². The fraction of sp³-hybridized carbons (Fsp3) is 0.353. The van der Waals surface area contributed by atoms with Crippen molar-refractivity contribution in [1.29, 1.82) is 0 Å². The summed E-state index contributed by atoms with van der Waals surface area (Å²) in [6, 6.07) is 4.28. The number of amides is 1. The Labute approximate surface area is 144 Å². The van der Waals surface area contributed by atoms with Crippen molar-refractivity contribution in [2.75, 3.05) is 6.54 Å². The molecule has 1 aliphatic rings. The third-order valence-electron chi connectivity index (χ3n) is 4.28. The molecule has 3 rings (SSSR count). The summed E-state index contributed by atoms with van der Waals surface area (Å²) in [7, 11) is 1.76. The number of hydrogen-bond donors (Lipinski definition) is 1. The number of Topliss-reactive ketones (excluding diaryl/α,β-unsaturated/α-hetero) is 1. The molecule has 1 aliphatic heterocycles. The number of phenolic OH excluding ortho intramolecular Hbond substituents is 1. The maximum absolute atomic E-state index is 12.7. The van der Waals surface area contributed by atoms with Crippen LogP contribution in [0.2, 0.25) is 5.02 Å². The van der Waals surface area contributed by atoms with Gasteiger partial charge in [-0.05, 0) is 31.0 Å². The Balaban J connectivity index is 1.73. The maximum atomic E-state index is 12.7. The minimum atomic E-state index is -0.168. The van der Waals surface area contributed by atoms with E-state index in [9.17, 15) is 14.7 Å². The molecule has 1 aromatic carbocycles. The number of rotatable bonds is 4. The zero-order chi connectivity index (χ0) is 17.3. The number of carbonyl (C=O) groups is 2. The summed E-state index contributed by atoms with van der Waals surface area (Å²) in [4.78, 5) is 26.8. The SMILES string of the molecule is Cn1cc(C(=O)CC2CCCN2C(=O)c2ccc(O)c(Cl)c2)cn1. The van der Waals surface area contributed by atoms with Gasteiger partial charge in [-0.25, -0.2) is 0 Å². The van der Waals surface area contributed by atoms with Crippen molar-refractivity contribution in [2.45, 2.75) is 25.3 Å². The maximum Gasteiger partial charge on any atom is 0.254 e. The first kappa shape index (κ1) is 16.5. The molecular formula is C17H18ClN3O3. The smallest absolute Gasteiger partial charge is 0.254 e. The molecule has 6 nitrogen and oxygen atoms in total. The molecule has 1 aromatic heterocycles. The summed E-state index contributed by atoms with van der Waals surface area (Å²) in [5.41, 5.74) is 0.975. The molecule has 2 heterocycles. The van der Waals surface area contributed by atoms with Gasteiger partial charge in [0.05, 0.1) is 16.8 Å².